The molecule has 7 nitrogen and oxygen atoms in total. The van der Waals surface area contributed by atoms with E-state index in [1.165, 1.54) is 43.3 Å². The molecule has 2 rings (SSSR count). The summed E-state index contributed by atoms with van der Waals surface area (Å²) in [4.78, 5) is 24.4. The van der Waals surface area contributed by atoms with Crippen molar-refractivity contribution in [1.29, 1.82) is 0 Å². The van der Waals surface area contributed by atoms with Crippen molar-refractivity contribution in [3.63, 3.8) is 0 Å². The van der Waals surface area contributed by atoms with Crippen LogP contribution in [-0.4, -0.2) is 31.8 Å². The average Bonchev–Trinajstić information content (AvgIpc) is 2.62. The molecule has 0 fully saturated rings. The third-order valence-electron chi connectivity index (χ3n) is 3.74. The van der Waals surface area contributed by atoms with Gasteiger partial charge in [0.15, 0.2) is 0 Å². The van der Waals surface area contributed by atoms with Crippen LogP contribution in [-0.2, 0) is 14.8 Å². The molecule has 0 aromatic heterocycles. The summed E-state index contributed by atoms with van der Waals surface area (Å²) in [6, 6.07) is 9.44. The van der Waals surface area contributed by atoms with Crippen LogP contribution in [0.4, 0.5) is 10.1 Å². The third kappa shape index (κ3) is 6.56. The summed E-state index contributed by atoms with van der Waals surface area (Å²) >= 11 is 0. The van der Waals surface area contributed by atoms with E-state index in [4.69, 9.17) is 0 Å². The SMILES string of the molecule is CC(NC(=O)c1cccc(S(=O)(=O)Nc2ccc(F)cc2)c1)C(=O)NC(C)(C)C. The molecule has 0 heterocycles. The Labute approximate surface area is 169 Å². The fraction of sp³-hybridized carbons (Fsp3) is 0.300. The summed E-state index contributed by atoms with van der Waals surface area (Å²) in [7, 11) is -3.98. The van der Waals surface area contributed by atoms with E-state index in [0.717, 1.165) is 12.1 Å². The zero-order valence-corrected chi connectivity index (χ0v) is 17.4. The summed E-state index contributed by atoms with van der Waals surface area (Å²) < 4.78 is 40.4. The minimum Gasteiger partial charge on any atom is -0.350 e. The number of carbonyl (C=O) groups excluding carboxylic acids is 2. The van der Waals surface area contributed by atoms with Crippen LogP contribution in [0.15, 0.2) is 53.4 Å². The van der Waals surface area contributed by atoms with Crippen LogP contribution < -0.4 is 15.4 Å². The molecule has 0 saturated carbocycles. The lowest BCUT2D eigenvalue weighted by molar-refractivity contribution is -0.124. The number of nitrogens with one attached hydrogen (secondary N) is 3. The third-order valence-corrected chi connectivity index (χ3v) is 5.12. The molecule has 0 spiro atoms. The Morgan fingerprint density at radius 2 is 1.66 bits per heavy atom. The number of carbonyl (C=O) groups is 2. The molecule has 2 aromatic rings. The molecule has 0 aliphatic rings. The molecule has 0 radical (unpaired) electrons. The predicted octanol–water partition coefficient (Wildman–Crippen LogP) is 2.66. The van der Waals surface area contributed by atoms with Gasteiger partial charge in [-0.25, -0.2) is 12.8 Å². The molecule has 9 heteroatoms. The van der Waals surface area contributed by atoms with Crippen molar-refractivity contribution >= 4 is 27.5 Å². The number of halogens is 1. The monoisotopic (exact) mass is 421 g/mol. The summed E-state index contributed by atoms with van der Waals surface area (Å²) in [6.07, 6.45) is 0. The highest BCUT2D eigenvalue weighted by Gasteiger charge is 2.22. The molecule has 0 aliphatic heterocycles. The summed E-state index contributed by atoms with van der Waals surface area (Å²) in [5.74, 6) is -1.43. The summed E-state index contributed by atoms with van der Waals surface area (Å²) in [5.41, 5.74) is -0.174. The Morgan fingerprint density at radius 1 is 1.03 bits per heavy atom. The van der Waals surface area contributed by atoms with E-state index in [1.54, 1.807) is 0 Å². The van der Waals surface area contributed by atoms with E-state index in [9.17, 15) is 22.4 Å². The zero-order valence-electron chi connectivity index (χ0n) is 16.6. The van der Waals surface area contributed by atoms with Crippen molar-refractivity contribution in [2.45, 2.75) is 44.2 Å². The molecule has 1 unspecified atom stereocenters. The van der Waals surface area contributed by atoms with Crippen LogP contribution in [0, 0.1) is 5.82 Å². The second-order valence-corrected chi connectivity index (χ2v) is 9.26. The molecular formula is C20H24FN3O4S. The maximum absolute atomic E-state index is 13.0. The normalized spacial score (nSPS) is 12.7. The number of anilines is 1. The fourth-order valence-corrected chi connectivity index (χ4v) is 3.46. The molecule has 3 N–H and O–H groups in total. The first-order chi connectivity index (χ1) is 13.4. The first-order valence-electron chi connectivity index (χ1n) is 8.89. The molecule has 2 aromatic carbocycles. The van der Waals surface area contributed by atoms with Gasteiger partial charge in [0, 0.05) is 16.8 Å². The Morgan fingerprint density at radius 3 is 2.24 bits per heavy atom. The van der Waals surface area contributed by atoms with E-state index in [2.05, 4.69) is 15.4 Å². The van der Waals surface area contributed by atoms with E-state index < -0.39 is 33.3 Å². The molecule has 0 aliphatic carbocycles. The predicted molar refractivity (Wildman–Crippen MR) is 108 cm³/mol. The lowest BCUT2D eigenvalue weighted by Crippen LogP contribution is -2.50. The van der Waals surface area contributed by atoms with Crippen molar-refractivity contribution in [2.24, 2.45) is 0 Å². The van der Waals surface area contributed by atoms with Gasteiger partial charge in [-0.3, -0.25) is 14.3 Å². The van der Waals surface area contributed by atoms with Gasteiger partial charge in [-0.1, -0.05) is 6.07 Å². The number of amides is 2. The molecule has 1 atom stereocenters. The standard InChI is InChI=1S/C20H24FN3O4S/c1-13(18(25)23-20(2,3)4)22-19(26)14-6-5-7-17(12-14)29(27,28)24-16-10-8-15(21)9-11-16/h5-13,24H,1-4H3,(H,22,26)(H,23,25). The average molecular weight is 421 g/mol. The topological polar surface area (TPSA) is 104 Å². The van der Waals surface area contributed by atoms with Crippen molar-refractivity contribution < 1.29 is 22.4 Å². The van der Waals surface area contributed by atoms with Gasteiger partial charge >= 0.3 is 0 Å². The van der Waals surface area contributed by atoms with E-state index >= 15 is 0 Å². The Balaban J connectivity index is 2.14. The molecule has 0 saturated heterocycles. The van der Waals surface area contributed by atoms with Gasteiger partial charge in [-0.15, -0.1) is 0 Å². The van der Waals surface area contributed by atoms with E-state index in [-0.39, 0.29) is 22.1 Å². The van der Waals surface area contributed by atoms with Crippen LogP contribution in [0.25, 0.3) is 0 Å². The largest absolute Gasteiger partial charge is 0.350 e. The Bertz CT molecular complexity index is 999. The van der Waals surface area contributed by atoms with Crippen LogP contribution >= 0.6 is 0 Å². The van der Waals surface area contributed by atoms with Gasteiger partial charge in [0.1, 0.15) is 11.9 Å². The number of hydrogen-bond acceptors (Lipinski definition) is 4. The van der Waals surface area contributed by atoms with Gasteiger partial charge < -0.3 is 10.6 Å². The second kappa shape index (κ2) is 8.60. The maximum Gasteiger partial charge on any atom is 0.261 e. The van der Waals surface area contributed by atoms with Crippen LogP contribution in [0.2, 0.25) is 0 Å². The molecule has 2 amide bonds. The fourth-order valence-electron chi connectivity index (χ4n) is 2.36. The second-order valence-electron chi connectivity index (χ2n) is 7.57. The quantitative estimate of drug-likeness (QED) is 0.667. The first-order valence-corrected chi connectivity index (χ1v) is 10.4. The smallest absolute Gasteiger partial charge is 0.261 e. The number of rotatable bonds is 6. The van der Waals surface area contributed by atoms with E-state index in [1.807, 2.05) is 20.8 Å². The van der Waals surface area contributed by atoms with Crippen LogP contribution in [0.5, 0.6) is 0 Å². The van der Waals surface area contributed by atoms with Crippen molar-refractivity contribution in [1.82, 2.24) is 10.6 Å². The highest BCUT2D eigenvalue weighted by molar-refractivity contribution is 7.92. The van der Waals surface area contributed by atoms with E-state index in [0.29, 0.717) is 0 Å². The van der Waals surface area contributed by atoms with Gasteiger partial charge in [-0.05, 0) is 70.2 Å². The lowest BCUT2D eigenvalue weighted by atomic mass is 10.1. The Kier molecular flexibility index (Phi) is 6.63. The van der Waals surface area contributed by atoms with Crippen LogP contribution in [0.3, 0.4) is 0 Å². The highest BCUT2D eigenvalue weighted by Crippen LogP contribution is 2.17. The molecule has 29 heavy (non-hydrogen) atoms. The zero-order chi connectivity index (χ0) is 21.8. The minimum atomic E-state index is -3.98. The van der Waals surface area contributed by atoms with Gasteiger partial charge in [0.05, 0.1) is 4.90 Å². The number of benzene rings is 2. The molecule has 156 valence electrons. The Hall–Kier alpha value is -2.94. The van der Waals surface area contributed by atoms with Gasteiger partial charge in [0.25, 0.3) is 15.9 Å². The van der Waals surface area contributed by atoms with Crippen molar-refractivity contribution in [3.05, 3.63) is 59.9 Å². The lowest BCUT2D eigenvalue weighted by Gasteiger charge is -2.23. The van der Waals surface area contributed by atoms with Crippen molar-refractivity contribution in [3.8, 4) is 0 Å². The van der Waals surface area contributed by atoms with Crippen LogP contribution in [0.1, 0.15) is 38.1 Å². The summed E-state index contributed by atoms with van der Waals surface area (Å²) in [6.45, 7) is 7.00. The number of hydrogen-bond donors (Lipinski definition) is 3. The molecular weight excluding hydrogens is 397 g/mol. The first kappa shape index (κ1) is 22.4. The minimum absolute atomic E-state index is 0.0855. The highest BCUT2D eigenvalue weighted by atomic mass is 32.2. The van der Waals surface area contributed by atoms with Gasteiger partial charge in [-0.2, -0.15) is 0 Å². The summed E-state index contributed by atoms with van der Waals surface area (Å²) in [5, 5.41) is 5.30. The molecule has 0 bridgehead atoms. The maximum atomic E-state index is 13.0. The van der Waals surface area contributed by atoms with Gasteiger partial charge in [0.2, 0.25) is 5.91 Å². The van der Waals surface area contributed by atoms with Crippen molar-refractivity contribution in [2.75, 3.05) is 4.72 Å². The number of sulfonamides is 1.